The molecule has 1 aromatic rings. The first-order chi connectivity index (χ1) is 13.4. The average Bonchev–Trinajstić information content (AvgIpc) is 2.66. The quantitative estimate of drug-likeness (QED) is 0.630. The highest BCUT2D eigenvalue weighted by Crippen LogP contribution is 2.23. The fraction of sp³-hybridized carbons (Fsp3) is 0.611. The van der Waals surface area contributed by atoms with Gasteiger partial charge in [-0.15, -0.1) is 0 Å². The molecule has 0 unspecified atom stereocenters. The van der Waals surface area contributed by atoms with E-state index in [0.717, 1.165) is 10.6 Å². The highest BCUT2D eigenvalue weighted by Gasteiger charge is 2.28. The van der Waals surface area contributed by atoms with Gasteiger partial charge in [-0.05, 0) is 44.5 Å². The molecular formula is C18H29N3O6S2. The molecule has 0 spiro atoms. The Hall–Kier alpha value is -1.69. The number of nitrogens with zero attached hydrogens (tertiary/aromatic N) is 2. The molecule has 1 heterocycles. The van der Waals surface area contributed by atoms with E-state index >= 15 is 0 Å². The van der Waals surface area contributed by atoms with Crippen LogP contribution in [0.3, 0.4) is 0 Å². The molecule has 9 nitrogen and oxygen atoms in total. The van der Waals surface area contributed by atoms with Gasteiger partial charge in [-0.25, -0.2) is 16.8 Å². The van der Waals surface area contributed by atoms with Gasteiger partial charge in [-0.3, -0.25) is 9.10 Å². The Morgan fingerprint density at radius 3 is 2.17 bits per heavy atom. The molecule has 1 aliphatic heterocycles. The molecule has 0 atom stereocenters. The fourth-order valence-corrected chi connectivity index (χ4v) is 5.02. The summed E-state index contributed by atoms with van der Waals surface area (Å²) in [5, 5.41) is 2.80. The van der Waals surface area contributed by atoms with Crippen molar-refractivity contribution in [3.8, 4) is 0 Å². The molecule has 1 amide bonds. The minimum Gasteiger partial charge on any atom is -0.379 e. The van der Waals surface area contributed by atoms with Crippen LogP contribution in [0.5, 0.6) is 0 Å². The third-order valence-corrected chi connectivity index (χ3v) is 7.84. The monoisotopic (exact) mass is 447 g/mol. The number of hydrogen-bond acceptors (Lipinski definition) is 6. The number of anilines is 1. The summed E-state index contributed by atoms with van der Waals surface area (Å²) in [4.78, 5) is 12.4. The summed E-state index contributed by atoms with van der Waals surface area (Å²) in [6, 6.07) is 5.50. The number of ether oxygens (including phenoxy) is 1. The minimum absolute atomic E-state index is 0.0631. The Balaban J connectivity index is 2.24. The zero-order valence-electron chi connectivity index (χ0n) is 17.2. The van der Waals surface area contributed by atoms with Gasteiger partial charge in [0, 0.05) is 18.6 Å². The number of nitrogens with one attached hydrogen (secondary N) is 1. The topological polar surface area (TPSA) is 113 Å². The van der Waals surface area contributed by atoms with Crippen LogP contribution in [0.4, 0.5) is 5.69 Å². The largest absolute Gasteiger partial charge is 0.379 e. The van der Waals surface area contributed by atoms with Gasteiger partial charge in [-0.1, -0.05) is 6.92 Å². The maximum Gasteiger partial charge on any atom is 0.243 e. The predicted octanol–water partition coefficient (Wildman–Crippen LogP) is 0.778. The first kappa shape index (κ1) is 23.6. The Morgan fingerprint density at radius 1 is 1.14 bits per heavy atom. The van der Waals surface area contributed by atoms with Crippen molar-refractivity contribution < 1.29 is 26.4 Å². The van der Waals surface area contributed by atoms with Crippen molar-refractivity contribution >= 4 is 31.6 Å². The van der Waals surface area contributed by atoms with Gasteiger partial charge < -0.3 is 10.1 Å². The second-order valence-electron chi connectivity index (χ2n) is 7.57. The number of morpholine rings is 1. The van der Waals surface area contributed by atoms with Crippen molar-refractivity contribution in [3.63, 3.8) is 0 Å². The number of rotatable bonds is 8. The van der Waals surface area contributed by atoms with Crippen LogP contribution in [0.2, 0.25) is 0 Å². The molecule has 0 radical (unpaired) electrons. The molecule has 1 N–H and O–H groups in total. The van der Waals surface area contributed by atoms with E-state index in [0.29, 0.717) is 19.6 Å². The number of hydrogen-bond donors (Lipinski definition) is 1. The van der Waals surface area contributed by atoms with Crippen molar-refractivity contribution in [2.75, 3.05) is 43.4 Å². The molecule has 0 saturated carbocycles. The van der Waals surface area contributed by atoms with E-state index in [1.807, 2.05) is 20.8 Å². The van der Waals surface area contributed by atoms with Crippen LogP contribution in [0.25, 0.3) is 0 Å². The van der Waals surface area contributed by atoms with E-state index in [2.05, 4.69) is 5.32 Å². The molecule has 0 bridgehead atoms. The number of carbonyl (C=O) groups excluding carboxylic acids is 1. The summed E-state index contributed by atoms with van der Waals surface area (Å²) in [7, 11) is -7.43. The van der Waals surface area contributed by atoms with Crippen molar-refractivity contribution in [2.24, 2.45) is 0 Å². The molecular weight excluding hydrogens is 418 g/mol. The van der Waals surface area contributed by atoms with E-state index < -0.39 is 38.0 Å². The van der Waals surface area contributed by atoms with Crippen molar-refractivity contribution in [2.45, 2.75) is 37.6 Å². The smallest absolute Gasteiger partial charge is 0.243 e. The number of sulfonamides is 2. The van der Waals surface area contributed by atoms with Gasteiger partial charge >= 0.3 is 0 Å². The van der Waals surface area contributed by atoms with Crippen LogP contribution in [-0.4, -0.2) is 71.7 Å². The molecule has 0 aromatic heterocycles. The second-order valence-corrected chi connectivity index (χ2v) is 11.4. The third kappa shape index (κ3) is 6.14. The van der Waals surface area contributed by atoms with Crippen LogP contribution in [-0.2, 0) is 29.6 Å². The normalized spacial score (nSPS) is 16.4. The van der Waals surface area contributed by atoms with Crippen molar-refractivity contribution in [3.05, 3.63) is 24.3 Å². The molecule has 164 valence electrons. The number of benzene rings is 1. The maximum absolute atomic E-state index is 12.7. The lowest BCUT2D eigenvalue weighted by molar-refractivity contribution is -0.121. The minimum atomic E-state index is -3.75. The molecule has 0 aliphatic carbocycles. The van der Waals surface area contributed by atoms with Gasteiger partial charge in [-0.2, -0.15) is 4.31 Å². The van der Waals surface area contributed by atoms with E-state index in [1.165, 1.54) is 28.6 Å². The summed E-state index contributed by atoms with van der Waals surface area (Å²) in [5.74, 6) is -0.438. The zero-order valence-corrected chi connectivity index (χ0v) is 18.8. The lowest BCUT2D eigenvalue weighted by Gasteiger charge is -2.28. The zero-order chi connectivity index (χ0) is 21.9. The van der Waals surface area contributed by atoms with E-state index in [9.17, 15) is 21.6 Å². The summed E-state index contributed by atoms with van der Waals surface area (Å²) < 4.78 is 57.4. The summed E-state index contributed by atoms with van der Waals surface area (Å²) in [6.07, 6.45) is 1.69. The maximum atomic E-state index is 12.7. The fourth-order valence-electron chi connectivity index (χ4n) is 2.76. The van der Waals surface area contributed by atoms with Crippen LogP contribution in [0.1, 0.15) is 27.2 Å². The molecule has 11 heteroatoms. The van der Waals surface area contributed by atoms with Crippen molar-refractivity contribution in [1.82, 2.24) is 9.62 Å². The van der Waals surface area contributed by atoms with Gasteiger partial charge in [0.25, 0.3) is 0 Å². The number of amides is 1. The highest BCUT2D eigenvalue weighted by atomic mass is 32.2. The highest BCUT2D eigenvalue weighted by molar-refractivity contribution is 7.92. The standard InChI is InChI=1S/C18H29N3O6S2/c1-5-18(2,3)19-17(22)14-21(28(4,23)24)15-6-8-16(9-7-15)29(25,26)20-10-12-27-13-11-20/h6-9H,5,10-14H2,1-4H3,(H,19,22). The first-order valence-corrected chi connectivity index (χ1v) is 12.6. The summed E-state index contributed by atoms with van der Waals surface area (Å²) in [5.41, 5.74) is -0.242. The third-order valence-electron chi connectivity index (χ3n) is 4.78. The van der Waals surface area contributed by atoms with E-state index in [-0.39, 0.29) is 23.7 Å². The van der Waals surface area contributed by atoms with Gasteiger partial charge in [0.15, 0.2) is 0 Å². The lowest BCUT2D eigenvalue weighted by Crippen LogP contribution is -2.48. The Kier molecular flexibility index (Phi) is 7.31. The van der Waals surface area contributed by atoms with Gasteiger partial charge in [0.2, 0.25) is 26.0 Å². The van der Waals surface area contributed by atoms with Crippen LogP contribution < -0.4 is 9.62 Å². The van der Waals surface area contributed by atoms with E-state index in [4.69, 9.17) is 4.74 Å². The van der Waals surface area contributed by atoms with Gasteiger partial charge in [0.1, 0.15) is 6.54 Å². The lowest BCUT2D eigenvalue weighted by atomic mass is 10.0. The summed E-state index contributed by atoms with van der Waals surface area (Å²) in [6.45, 7) is 6.44. The molecule has 29 heavy (non-hydrogen) atoms. The molecule has 1 aromatic carbocycles. The van der Waals surface area contributed by atoms with Gasteiger partial charge in [0.05, 0.1) is 30.1 Å². The molecule has 1 aliphatic rings. The second kappa shape index (κ2) is 8.99. The predicted molar refractivity (Wildman–Crippen MR) is 111 cm³/mol. The molecule has 1 fully saturated rings. The van der Waals surface area contributed by atoms with E-state index in [1.54, 1.807) is 0 Å². The first-order valence-electron chi connectivity index (χ1n) is 9.33. The summed E-state index contributed by atoms with van der Waals surface area (Å²) >= 11 is 0. The molecule has 1 saturated heterocycles. The van der Waals surface area contributed by atoms with Crippen LogP contribution in [0.15, 0.2) is 29.2 Å². The SMILES string of the molecule is CCC(C)(C)NC(=O)CN(c1ccc(S(=O)(=O)N2CCOCC2)cc1)S(C)(=O)=O. The Labute approximate surface area is 173 Å². The van der Waals surface area contributed by atoms with Crippen LogP contribution in [0, 0.1) is 0 Å². The Morgan fingerprint density at radius 2 is 1.69 bits per heavy atom. The number of carbonyl (C=O) groups is 1. The van der Waals surface area contributed by atoms with Crippen molar-refractivity contribution in [1.29, 1.82) is 0 Å². The average molecular weight is 448 g/mol. The molecule has 2 rings (SSSR count). The van der Waals surface area contributed by atoms with Crippen LogP contribution >= 0.6 is 0 Å². The Bertz CT molecular complexity index is 921.